The monoisotopic (exact) mass is 185 g/mol. The molecular formula is C5H6Cl3N. The molecule has 0 amide bonds. The van der Waals surface area contributed by atoms with Crippen molar-refractivity contribution >= 4 is 41.0 Å². The Hall–Kier alpha value is 0.280. The maximum atomic E-state index is 5.32. The van der Waals surface area contributed by atoms with E-state index in [0.717, 1.165) is 0 Å². The molecule has 0 spiro atoms. The largest absolute Gasteiger partial charge is 0.289 e. The lowest BCUT2D eigenvalue weighted by molar-refractivity contribution is 1.25. The summed E-state index contributed by atoms with van der Waals surface area (Å²) in [5, 5.41) is 0. The van der Waals surface area contributed by atoms with Crippen LogP contribution in [0, 0.1) is 0 Å². The van der Waals surface area contributed by atoms with E-state index in [1.165, 1.54) is 6.21 Å². The van der Waals surface area contributed by atoms with Crippen LogP contribution in [0.2, 0.25) is 0 Å². The molecule has 0 saturated heterocycles. The number of aliphatic imine (C=N–C) groups is 1. The van der Waals surface area contributed by atoms with Gasteiger partial charge in [0.25, 0.3) is 0 Å². The van der Waals surface area contributed by atoms with Crippen LogP contribution in [0.15, 0.2) is 17.6 Å². The fourth-order valence-electron chi connectivity index (χ4n) is 0.231. The van der Waals surface area contributed by atoms with Crippen molar-refractivity contribution in [3.8, 4) is 0 Å². The van der Waals surface area contributed by atoms with Crippen molar-refractivity contribution in [2.24, 2.45) is 4.99 Å². The second-order valence-corrected chi connectivity index (χ2v) is 3.69. The number of halogens is 3. The lowest BCUT2D eigenvalue weighted by Crippen LogP contribution is -2.02. The lowest BCUT2D eigenvalue weighted by Gasteiger charge is -1.99. The van der Waals surface area contributed by atoms with Gasteiger partial charge >= 0.3 is 0 Å². The zero-order valence-electron chi connectivity index (χ0n) is 4.65. The van der Waals surface area contributed by atoms with E-state index in [4.69, 9.17) is 34.8 Å². The van der Waals surface area contributed by atoms with Gasteiger partial charge in [-0.3, -0.25) is 4.99 Å². The third-order valence-electron chi connectivity index (χ3n) is 0.472. The third-order valence-corrected chi connectivity index (χ3v) is 0.765. The highest BCUT2D eigenvalue weighted by Gasteiger charge is 2.14. The second-order valence-electron chi connectivity index (χ2n) is 1.32. The van der Waals surface area contributed by atoms with Gasteiger partial charge in [-0.25, -0.2) is 0 Å². The van der Waals surface area contributed by atoms with Crippen molar-refractivity contribution in [1.82, 2.24) is 0 Å². The minimum atomic E-state index is -1.37. The first-order valence-electron chi connectivity index (χ1n) is 2.25. The lowest BCUT2D eigenvalue weighted by atomic mass is 10.6. The Balaban J connectivity index is 3.57. The first kappa shape index (κ1) is 9.28. The van der Waals surface area contributed by atoms with Gasteiger partial charge in [-0.15, -0.1) is 6.58 Å². The molecule has 4 heteroatoms. The molecule has 0 saturated carbocycles. The molecule has 0 bridgehead atoms. The minimum absolute atomic E-state index is 0.480. The SMILES string of the molecule is C=CCN=CC(Cl)(Cl)Cl. The van der Waals surface area contributed by atoms with Crippen LogP contribution in [0.5, 0.6) is 0 Å². The van der Waals surface area contributed by atoms with Crippen LogP contribution < -0.4 is 0 Å². The van der Waals surface area contributed by atoms with Crippen LogP contribution in [0.4, 0.5) is 0 Å². The molecule has 0 atom stereocenters. The van der Waals surface area contributed by atoms with Gasteiger partial charge in [0.05, 0.1) is 12.8 Å². The smallest absolute Gasteiger partial charge is 0.225 e. The molecule has 0 aliphatic carbocycles. The summed E-state index contributed by atoms with van der Waals surface area (Å²) in [6.07, 6.45) is 2.87. The molecule has 0 heterocycles. The number of hydrogen-bond donors (Lipinski definition) is 0. The molecule has 1 nitrogen and oxygen atoms in total. The van der Waals surface area contributed by atoms with Crippen LogP contribution in [0.25, 0.3) is 0 Å². The van der Waals surface area contributed by atoms with Gasteiger partial charge in [-0.05, 0) is 0 Å². The number of nitrogens with zero attached hydrogens (tertiary/aromatic N) is 1. The Bertz CT molecular complexity index is 114. The van der Waals surface area contributed by atoms with Crippen LogP contribution >= 0.6 is 34.8 Å². The van der Waals surface area contributed by atoms with Crippen molar-refractivity contribution in [2.45, 2.75) is 3.79 Å². The zero-order valence-corrected chi connectivity index (χ0v) is 6.92. The summed E-state index contributed by atoms with van der Waals surface area (Å²) in [5.41, 5.74) is 0. The summed E-state index contributed by atoms with van der Waals surface area (Å²) in [6, 6.07) is 0. The van der Waals surface area contributed by atoms with Gasteiger partial charge in [0.2, 0.25) is 3.79 Å². The van der Waals surface area contributed by atoms with Crippen molar-refractivity contribution in [2.75, 3.05) is 6.54 Å². The van der Waals surface area contributed by atoms with Crippen molar-refractivity contribution in [3.05, 3.63) is 12.7 Å². The average molecular weight is 186 g/mol. The Kier molecular flexibility index (Phi) is 4.28. The first-order valence-corrected chi connectivity index (χ1v) is 3.38. The van der Waals surface area contributed by atoms with Gasteiger partial charge < -0.3 is 0 Å². The number of alkyl halides is 3. The van der Waals surface area contributed by atoms with Crippen molar-refractivity contribution in [1.29, 1.82) is 0 Å². The minimum Gasteiger partial charge on any atom is -0.289 e. The molecule has 0 unspecified atom stereocenters. The zero-order chi connectivity index (χ0) is 7.33. The molecule has 52 valence electrons. The van der Waals surface area contributed by atoms with E-state index >= 15 is 0 Å². The maximum Gasteiger partial charge on any atom is 0.225 e. The van der Waals surface area contributed by atoms with E-state index < -0.39 is 3.79 Å². The Morgan fingerprint density at radius 3 is 2.33 bits per heavy atom. The quantitative estimate of drug-likeness (QED) is 0.357. The molecule has 0 aliphatic heterocycles. The third kappa shape index (κ3) is 8.28. The van der Waals surface area contributed by atoms with E-state index in [1.807, 2.05) is 0 Å². The fourth-order valence-corrected chi connectivity index (χ4v) is 0.438. The predicted molar refractivity (Wildman–Crippen MR) is 43.8 cm³/mol. The molecule has 0 rings (SSSR count). The summed E-state index contributed by atoms with van der Waals surface area (Å²) in [6.45, 7) is 3.92. The standard InChI is InChI=1S/C5H6Cl3N/c1-2-3-9-4-5(6,7)8/h2,4H,1,3H2. The summed E-state index contributed by atoms with van der Waals surface area (Å²) in [4.78, 5) is 3.72. The highest BCUT2D eigenvalue weighted by Crippen LogP contribution is 2.22. The Morgan fingerprint density at radius 1 is 1.44 bits per heavy atom. The molecule has 0 aliphatic rings. The molecule has 0 N–H and O–H groups in total. The van der Waals surface area contributed by atoms with E-state index in [2.05, 4.69) is 11.6 Å². The van der Waals surface area contributed by atoms with E-state index in [1.54, 1.807) is 6.08 Å². The van der Waals surface area contributed by atoms with E-state index in [0.29, 0.717) is 6.54 Å². The van der Waals surface area contributed by atoms with E-state index in [-0.39, 0.29) is 0 Å². The number of hydrogen-bond acceptors (Lipinski definition) is 1. The molecule has 0 aromatic rings. The van der Waals surface area contributed by atoms with Crippen molar-refractivity contribution in [3.63, 3.8) is 0 Å². The summed E-state index contributed by atoms with van der Waals surface area (Å²) in [7, 11) is 0. The molecular weight excluding hydrogens is 180 g/mol. The van der Waals surface area contributed by atoms with Crippen molar-refractivity contribution < 1.29 is 0 Å². The summed E-state index contributed by atoms with van der Waals surface area (Å²) >= 11 is 15.9. The second kappa shape index (κ2) is 4.15. The highest BCUT2D eigenvalue weighted by atomic mass is 35.6. The summed E-state index contributed by atoms with van der Waals surface area (Å²) in [5.74, 6) is 0. The molecule has 0 fully saturated rings. The van der Waals surface area contributed by atoms with Crippen LogP contribution in [0.3, 0.4) is 0 Å². The Morgan fingerprint density at radius 2 is 2.00 bits per heavy atom. The molecule has 0 radical (unpaired) electrons. The van der Waals surface area contributed by atoms with Crippen LogP contribution in [-0.4, -0.2) is 16.6 Å². The van der Waals surface area contributed by atoms with Gasteiger partial charge in [0.15, 0.2) is 0 Å². The normalized spacial score (nSPS) is 12.3. The van der Waals surface area contributed by atoms with Crippen LogP contribution in [-0.2, 0) is 0 Å². The molecule has 9 heavy (non-hydrogen) atoms. The number of rotatable bonds is 2. The van der Waals surface area contributed by atoms with Gasteiger partial charge in [0, 0.05) is 0 Å². The Labute approximate surface area is 69.3 Å². The average Bonchev–Trinajstić information content (AvgIpc) is 1.63. The fraction of sp³-hybridized carbons (Fsp3) is 0.400. The van der Waals surface area contributed by atoms with E-state index in [9.17, 15) is 0 Å². The van der Waals surface area contributed by atoms with Gasteiger partial charge in [-0.2, -0.15) is 0 Å². The maximum absolute atomic E-state index is 5.32. The van der Waals surface area contributed by atoms with Gasteiger partial charge in [0.1, 0.15) is 0 Å². The first-order chi connectivity index (χ1) is 4.06. The highest BCUT2D eigenvalue weighted by molar-refractivity contribution is 6.74. The predicted octanol–water partition coefficient (Wildman–Crippen LogP) is 2.61. The molecule has 0 aromatic heterocycles. The topological polar surface area (TPSA) is 12.4 Å². The van der Waals surface area contributed by atoms with Gasteiger partial charge in [-0.1, -0.05) is 40.9 Å². The summed E-state index contributed by atoms with van der Waals surface area (Å²) < 4.78 is -1.37. The molecule has 0 aromatic carbocycles. The van der Waals surface area contributed by atoms with Crippen LogP contribution in [0.1, 0.15) is 0 Å².